The Bertz CT molecular complexity index is 842. The van der Waals surface area contributed by atoms with E-state index in [2.05, 4.69) is 20.9 Å². The van der Waals surface area contributed by atoms with E-state index in [1.54, 1.807) is 12.1 Å². The second kappa shape index (κ2) is 9.56. The number of nitrogens with zero attached hydrogens (tertiary/aromatic N) is 1. The predicted molar refractivity (Wildman–Crippen MR) is 94.2 cm³/mol. The average molecular weight is 382 g/mol. The maximum Gasteiger partial charge on any atom is 0.243 e. The standard InChI is InChI=1S/C18H18F4N4O/c1-2-23-18(24-9-11-4-3-5-12(19)8-11)25-10-15(27)26-14-7-6-13(20)16(21)17(14)22/h3-8H,2,9-10H2,1H3,(H,26,27)(H2,23,24,25). The number of hydrogen-bond acceptors (Lipinski definition) is 2. The van der Waals surface area contributed by atoms with E-state index in [-0.39, 0.29) is 24.9 Å². The predicted octanol–water partition coefficient (Wildman–Crippen LogP) is 2.94. The zero-order chi connectivity index (χ0) is 19.8. The van der Waals surface area contributed by atoms with Gasteiger partial charge in [-0.25, -0.2) is 22.6 Å². The van der Waals surface area contributed by atoms with Crippen LogP contribution >= 0.6 is 0 Å². The molecule has 0 aliphatic heterocycles. The molecule has 1 amide bonds. The van der Waals surface area contributed by atoms with Crippen LogP contribution in [0.15, 0.2) is 41.4 Å². The van der Waals surface area contributed by atoms with Gasteiger partial charge in [0.1, 0.15) is 5.82 Å². The molecule has 2 rings (SSSR count). The Labute approximate surface area is 153 Å². The Kier molecular flexibility index (Phi) is 7.16. The van der Waals surface area contributed by atoms with Crippen molar-refractivity contribution >= 4 is 17.6 Å². The molecule has 0 heterocycles. The van der Waals surface area contributed by atoms with Crippen molar-refractivity contribution in [3.8, 4) is 0 Å². The van der Waals surface area contributed by atoms with Crippen LogP contribution in [0.2, 0.25) is 0 Å². The van der Waals surface area contributed by atoms with Crippen LogP contribution in [-0.4, -0.2) is 25.0 Å². The third-order valence-corrected chi connectivity index (χ3v) is 3.38. The average Bonchev–Trinajstić information content (AvgIpc) is 2.64. The lowest BCUT2D eigenvalue weighted by atomic mass is 10.2. The SMILES string of the molecule is CCNC(=NCc1cccc(F)c1)NCC(=O)Nc1ccc(F)c(F)c1F. The zero-order valence-electron chi connectivity index (χ0n) is 14.5. The molecular weight excluding hydrogens is 364 g/mol. The maximum absolute atomic E-state index is 13.6. The highest BCUT2D eigenvalue weighted by Crippen LogP contribution is 2.19. The third kappa shape index (κ3) is 5.98. The molecule has 27 heavy (non-hydrogen) atoms. The van der Waals surface area contributed by atoms with E-state index < -0.39 is 29.0 Å². The summed E-state index contributed by atoms with van der Waals surface area (Å²) in [7, 11) is 0. The molecule has 0 aromatic heterocycles. The molecule has 3 N–H and O–H groups in total. The summed E-state index contributed by atoms with van der Waals surface area (Å²) in [6.07, 6.45) is 0. The molecule has 0 bridgehead atoms. The van der Waals surface area contributed by atoms with Crippen LogP contribution in [0.3, 0.4) is 0 Å². The van der Waals surface area contributed by atoms with Gasteiger partial charge in [-0.1, -0.05) is 12.1 Å². The topological polar surface area (TPSA) is 65.5 Å². The van der Waals surface area contributed by atoms with E-state index in [0.29, 0.717) is 18.2 Å². The van der Waals surface area contributed by atoms with Crippen molar-refractivity contribution in [2.45, 2.75) is 13.5 Å². The van der Waals surface area contributed by atoms with Gasteiger partial charge in [0.25, 0.3) is 0 Å². The van der Waals surface area contributed by atoms with Crippen molar-refractivity contribution in [3.63, 3.8) is 0 Å². The largest absolute Gasteiger partial charge is 0.357 e. The summed E-state index contributed by atoms with van der Waals surface area (Å²) in [6.45, 7) is 2.20. The number of hydrogen-bond donors (Lipinski definition) is 3. The molecule has 0 aliphatic carbocycles. The van der Waals surface area contributed by atoms with Gasteiger partial charge < -0.3 is 16.0 Å². The number of carbonyl (C=O) groups is 1. The van der Waals surface area contributed by atoms with Gasteiger partial charge in [0.2, 0.25) is 5.91 Å². The van der Waals surface area contributed by atoms with Crippen LogP contribution in [0.1, 0.15) is 12.5 Å². The number of guanidine groups is 1. The highest BCUT2D eigenvalue weighted by Gasteiger charge is 2.15. The van der Waals surface area contributed by atoms with Crippen molar-refractivity contribution in [2.75, 3.05) is 18.4 Å². The molecule has 0 unspecified atom stereocenters. The first-order valence-corrected chi connectivity index (χ1v) is 8.10. The van der Waals surface area contributed by atoms with Gasteiger partial charge in [-0.05, 0) is 36.8 Å². The summed E-state index contributed by atoms with van der Waals surface area (Å²) < 4.78 is 52.8. The van der Waals surface area contributed by atoms with Crippen LogP contribution in [0.25, 0.3) is 0 Å². The van der Waals surface area contributed by atoms with Crippen molar-refractivity contribution in [3.05, 3.63) is 65.2 Å². The molecule has 5 nitrogen and oxygen atoms in total. The van der Waals surface area contributed by atoms with E-state index in [1.807, 2.05) is 6.92 Å². The Morgan fingerprint density at radius 1 is 1.04 bits per heavy atom. The smallest absolute Gasteiger partial charge is 0.243 e. The van der Waals surface area contributed by atoms with Crippen molar-refractivity contribution in [1.82, 2.24) is 10.6 Å². The Balaban J connectivity index is 1.95. The van der Waals surface area contributed by atoms with E-state index in [0.717, 1.165) is 6.07 Å². The maximum atomic E-state index is 13.6. The van der Waals surface area contributed by atoms with Crippen LogP contribution in [0, 0.1) is 23.3 Å². The van der Waals surface area contributed by atoms with Crippen LogP contribution in [0.5, 0.6) is 0 Å². The van der Waals surface area contributed by atoms with Gasteiger partial charge >= 0.3 is 0 Å². The molecular formula is C18H18F4N4O. The van der Waals surface area contributed by atoms with Gasteiger partial charge in [0.05, 0.1) is 18.8 Å². The van der Waals surface area contributed by atoms with Gasteiger partial charge in [-0.15, -0.1) is 0 Å². The molecule has 2 aromatic carbocycles. The molecule has 0 atom stereocenters. The Morgan fingerprint density at radius 2 is 1.81 bits per heavy atom. The third-order valence-electron chi connectivity index (χ3n) is 3.38. The minimum atomic E-state index is -1.66. The van der Waals surface area contributed by atoms with E-state index in [4.69, 9.17) is 0 Å². The number of carbonyl (C=O) groups excluding carboxylic acids is 1. The number of aliphatic imine (C=N–C) groups is 1. The second-order valence-electron chi connectivity index (χ2n) is 5.45. The summed E-state index contributed by atoms with van der Waals surface area (Å²) in [5.41, 5.74) is 0.169. The summed E-state index contributed by atoms with van der Waals surface area (Å²) in [4.78, 5) is 16.1. The Morgan fingerprint density at radius 3 is 2.52 bits per heavy atom. The van der Waals surface area contributed by atoms with Crippen LogP contribution < -0.4 is 16.0 Å². The minimum absolute atomic E-state index is 0.173. The zero-order valence-corrected chi connectivity index (χ0v) is 14.5. The molecule has 0 saturated heterocycles. The number of halogens is 4. The van der Waals surface area contributed by atoms with Crippen molar-refractivity contribution < 1.29 is 22.4 Å². The number of anilines is 1. The molecule has 144 valence electrons. The molecule has 9 heteroatoms. The normalized spacial score (nSPS) is 11.2. The minimum Gasteiger partial charge on any atom is -0.357 e. The molecule has 2 aromatic rings. The summed E-state index contributed by atoms with van der Waals surface area (Å²) in [5, 5.41) is 7.75. The first-order valence-electron chi connectivity index (χ1n) is 8.10. The van der Waals surface area contributed by atoms with E-state index in [9.17, 15) is 22.4 Å². The second-order valence-corrected chi connectivity index (χ2v) is 5.45. The van der Waals surface area contributed by atoms with Gasteiger partial charge in [-0.2, -0.15) is 0 Å². The quantitative estimate of drug-likeness (QED) is 0.312. The molecule has 0 fully saturated rings. The van der Waals surface area contributed by atoms with Gasteiger partial charge in [0, 0.05) is 6.54 Å². The lowest BCUT2D eigenvalue weighted by molar-refractivity contribution is -0.115. The molecule has 0 radical (unpaired) electrons. The van der Waals surface area contributed by atoms with Gasteiger partial charge in [-0.3, -0.25) is 4.79 Å². The monoisotopic (exact) mass is 382 g/mol. The highest BCUT2D eigenvalue weighted by molar-refractivity contribution is 5.95. The van der Waals surface area contributed by atoms with E-state index in [1.165, 1.54) is 12.1 Å². The fourth-order valence-electron chi connectivity index (χ4n) is 2.13. The fraction of sp³-hybridized carbons (Fsp3) is 0.222. The Hall–Kier alpha value is -3.10. The lowest BCUT2D eigenvalue weighted by Gasteiger charge is -2.12. The van der Waals surface area contributed by atoms with Crippen molar-refractivity contribution in [2.24, 2.45) is 4.99 Å². The van der Waals surface area contributed by atoms with Crippen LogP contribution in [-0.2, 0) is 11.3 Å². The van der Waals surface area contributed by atoms with Crippen LogP contribution in [0.4, 0.5) is 23.2 Å². The summed E-state index contributed by atoms with van der Waals surface area (Å²) >= 11 is 0. The first kappa shape index (κ1) is 20.2. The van der Waals surface area contributed by atoms with Gasteiger partial charge in [0.15, 0.2) is 23.4 Å². The number of benzene rings is 2. The fourth-order valence-corrected chi connectivity index (χ4v) is 2.13. The summed E-state index contributed by atoms with van der Waals surface area (Å²) in [6, 6.07) is 7.56. The number of nitrogens with one attached hydrogen (secondary N) is 3. The lowest BCUT2D eigenvalue weighted by Crippen LogP contribution is -2.41. The van der Waals surface area contributed by atoms with E-state index >= 15 is 0 Å². The number of amides is 1. The highest BCUT2D eigenvalue weighted by atomic mass is 19.2. The number of rotatable bonds is 6. The first-order chi connectivity index (χ1) is 12.9. The molecule has 0 aliphatic rings. The molecule has 0 saturated carbocycles. The van der Waals surface area contributed by atoms with Crippen molar-refractivity contribution in [1.29, 1.82) is 0 Å². The molecule has 0 spiro atoms. The summed E-state index contributed by atoms with van der Waals surface area (Å²) in [5.74, 6) is -5.27.